The number of halogens is 2. The van der Waals surface area contributed by atoms with Crippen molar-refractivity contribution in [3.05, 3.63) is 20.2 Å². The fraction of sp³-hybridized carbons (Fsp3) is 0.333. The van der Waals surface area contributed by atoms with Gasteiger partial charge in [-0.25, -0.2) is 0 Å². The van der Waals surface area contributed by atoms with Gasteiger partial charge in [-0.2, -0.15) is 0 Å². The number of rotatable bonds is 3. The van der Waals surface area contributed by atoms with Crippen molar-refractivity contribution in [2.24, 2.45) is 0 Å². The molecule has 0 aliphatic heterocycles. The minimum Gasteiger partial charge on any atom is -0.419 e. The Balaban J connectivity index is 2.27. The average molecular weight is 399 g/mol. The van der Waals surface area contributed by atoms with Gasteiger partial charge in [0.05, 0.1) is 13.3 Å². The van der Waals surface area contributed by atoms with Crippen molar-refractivity contribution in [2.75, 3.05) is 0 Å². The van der Waals surface area contributed by atoms with Gasteiger partial charge in [0.1, 0.15) is 0 Å². The highest BCUT2D eigenvalue weighted by molar-refractivity contribution is 14.1. The summed E-state index contributed by atoms with van der Waals surface area (Å²) in [7, 11) is 0. The first-order chi connectivity index (χ1) is 7.20. The molecular weight excluding hydrogens is 391 g/mol. The topological polar surface area (TPSA) is 38.9 Å². The van der Waals surface area contributed by atoms with Crippen LogP contribution in [0.5, 0.6) is 0 Å². The van der Waals surface area contributed by atoms with Gasteiger partial charge in [-0.1, -0.05) is 22.9 Å². The Hall–Kier alpha value is 0.0500. The molecule has 0 amide bonds. The van der Waals surface area contributed by atoms with Gasteiger partial charge in [-0.3, -0.25) is 0 Å². The van der Waals surface area contributed by atoms with Crippen LogP contribution in [0.25, 0.3) is 11.5 Å². The summed E-state index contributed by atoms with van der Waals surface area (Å²) in [5, 5.41) is 10.1. The van der Waals surface area contributed by atoms with Crippen molar-refractivity contribution in [3.8, 4) is 11.5 Å². The second-order valence-corrected chi connectivity index (χ2v) is 6.87. The van der Waals surface area contributed by atoms with Crippen molar-refractivity contribution in [2.45, 2.75) is 18.2 Å². The Labute approximate surface area is 114 Å². The number of hydrogen-bond donors (Lipinski definition) is 0. The second kappa shape index (κ2) is 4.92. The van der Waals surface area contributed by atoms with E-state index < -0.39 is 0 Å². The quantitative estimate of drug-likeness (QED) is 0.573. The highest BCUT2D eigenvalue weighted by Crippen LogP contribution is 2.29. The van der Waals surface area contributed by atoms with Gasteiger partial charge in [0.2, 0.25) is 11.8 Å². The predicted octanol–water partition coefficient (Wildman–Crippen LogP) is 4.25. The van der Waals surface area contributed by atoms with Gasteiger partial charge >= 0.3 is 0 Å². The lowest BCUT2D eigenvalue weighted by Gasteiger charge is -1.97. The lowest BCUT2D eigenvalue weighted by Crippen LogP contribution is -1.86. The number of nitrogens with zero attached hydrogens (tertiary/aromatic N) is 2. The number of aromatic nitrogens is 2. The summed E-state index contributed by atoms with van der Waals surface area (Å²) in [6, 6.07) is 2.04. The van der Waals surface area contributed by atoms with E-state index in [9.17, 15) is 0 Å². The molecule has 1 atom stereocenters. The molecule has 0 fully saturated rings. The Morgan fingerprint density at radius 2 is 2.40 bits per heavy atom. The van der Waals surface area contributed by atoms with Crippen molar-refractivity contribution in [3.63, 3.8) is 0 Å². The van der Waals surface area contributed by atoms with E-state index in [1.165, 1.54) is 2.88 Å². The molecule has 0 saturated carbocycles. The van der Waals surface area contributed by atoms with Gasteiger partial charge in [0.25, 0.3) is 0 Å². The molecule has 2 heterocycles. The molecule has 0 radical (unpaired) electrons. The van der Waals surface area contributed by atoms with E-state index in [-0.39, 0.29) is 4.83 Å². The molecule has 6 heteroatoms. The Morgan fingerprint density at radius 1 is 1.60 bits per heavy atom. The smallest absolute Gasteiger partial charge is 0.248 e. The first-order valence-electron chi connectivity index (χ1n) is 4.42. The summed E-state index contributed by atoms with van der Waals surface area (Å²) in [6.07, 6.45) is 0.933. The molecular formula is C9H8BrIN2OS. The first-order valence-corrected chi connectivity index (χ1v) is 7.30. The molecule has 0 aliphatic rings. The summed E-state index contributed by atoms with van der Waals surface area (Å²) in [5.74, 6) is 1.25. The molecule has 2 aromatic rings. The van der Waals surface area contributed by atoms with E-state index in [1.807, 2.05) is 11.4 Å². The molecule has 0 aromatic carbocycles. The molecule has 2 rings (SSSR count). The average Bonchev–Trinajstić information content (AvgIpc) is 2.84. The summed E-state index contributed by atoms with van der Waals surface area (Å²) < 4.78 is 6.79. The van der Waals surface area contributed by atoms with Crippen molar-refractivity contribution in [1.82, 2.24) is 10.2 Å². The molecule has 0 spiro atoms. The van der Waals surface area contributed by atoms with Crippen molar-refractivity contribution in [1.29, 1.82) is 0 Å². The number of hydrogen-bond acceptors (Lipinski definition) is 4. The molecule has 1 unspecified atom stereocenters. The number of thiophene rings is 1. The molecule has 3 nitrogen and oxygen atoms in total. The van der Waals surface area contributed by atoms with Crippen LogP contribution in [0.2, 0.25) is 0 Å². The minimum atomic E-state index is 0.149. The monoisotopic (exact) mass is 398 g/mol. The van der Waals surface area contributed by atoms with E-state index >= 15 is 0 Å². The molecule has 0 N–H and O–H groups in total. The van der Waals surface area contributed by atoms with E-state index in [1.54, 1.807) is 11.3 Å². The lowest BCUT2D eigenvalue weighted by molar-refractivity contribution is 0.500. The van der Waals surface area contributed by atoms with Crippen LogP contribution in [0.1, 0.15) is 24.1 Å². The summed E-state index contributed by atoms with van der Waals surface area (Å²) in [6.45, 7) is 2.07. The zero-order valence-electron chi connectivity index (χ0n) is 7.91. The van der Waals surface area contributed by atoms with Crippen LogP contribution in [0, 0.1) is 2.88 Å². The standard InChI is InChI=1S/C9H8BrIN2OS/c1-2-6(10)9-13-12-8(14-9)5-3-7(11)15-4-5/h3-4,6H,2H2,1H3. The third kappa shape index (κ3) is 2.59. The highest BCUT2D eigenvalue weighted by Gasteiger charge is 2.15. The normalized spacial score (nSPS) is 13.0. The summed E-state index contributed by atoms with van der Waals surface area (Å²) in [4.78, 5) is 0.149. The van der Waals surface area contributed by atoms with Crippen LogP contribution in [-0.2, 0) is 0 Å². The van der Waals surface area contributed by atoms with Crippen molar-refractivity contribution < 1.29 is 4.42 Å². The molecule has 0 saturated heterocycles. The van der Waals surface area contributed by atoms with Crippen molar-refractivity contribution >= 4 is 49.9 Å². The third-order valence-electron chi connectivity index (χ3n) is 1.88. The highest BCUT2D eigenvalue weighted by atomic mass is 127. The van der Waals surface area contributed by atoms with Crippen LogP contribution < -0.4 is 0 Å². The van der Waals surface area contributed by atoms with Gasteiger partial charge in [0, 0.05) is 5.38 Å². The molecule has 0 bridgehead atoms. The van der Waals surface area contributed by atoms with E-state index in [0.29, 0.717) is 11.8 Å². The Kier molecular flexibility index (Phi) is 3.78. The van der Waals surface area contributed by atoms with Gasteiger partial charge < -0.3 is 4.42 Å². The fourth-order valence-corrected chi connectivity index (χ4v) is 2.58. The van der Waals surface area contributed by atoms with Crippen LogP contribution >= 0.6 is 49.9 Å². The maximum absolute atomic E-state index is 5.57. The summed E-state index contributed by atoms with van der Waals surface area (Å²) in [5.41, 5.74) is 0.999. The molecule has 0 aliphatic carbocycles. The molecule has 15 heavy (non-hydrogen) atoms. The SMILES string of the molecule is CCC(Br)c1nnc(-c2csc(I)c2)o1. The van der Waals surface area contributed by atoms with Gasteiger partial charge in [-0.05, 0) is 35.1 Å². The third-order valence-corrected chi connectivity index (χ3v) is 4.71. The van der Waals surface area contributed by atoms with Crippen LogP contribution in [0.3, 0.4) is 0 Å². The minimum absolute atomic E-state index is 0.149. The molecule has 2 aromatic heterocycles. The fourth-order valence-electron chi connectivity index (χ4n) is 1.07. The second-order valence-electron chi connectivity index (χ2n) is 2.96. The van der Waals surface area contributed by atoms with E-state index in [0.717, 1.165) is 12.0 Å². The zero-order chi connectivity index (χ0) is 10.8. The predicted molar refractivity (Wildman–Crippen MR) is 72.3 cm³/mol. The van der Waals surface area contributed by atoms with E-state index in [2.05, 4.69) is 55.6 Å². The van der Waals surface area contributed by atoms with Gasteiger partial charge in [0.15, 0.2) is 0 Å². The zero-order valence-corrected chi connectivity index (χ0v) is 12.5. The van der Waals surface area contributed by atoms with Crippen LogP contribution in [0.4, 0.5) is 0 Å². The maximum atomic E-state index is 5.57. The Morgan fingerprint density at radius 3 is 3.00 bits per heavy atom. The largest absolute Gasteiger partial charge is 0.419 e. The van der Waals surface area contributed by atoms with Crippen LogP contribution in [0.15, 0.2) is 15.9 Å². The lowest BCUT2D eigenvalue weighted by atomic mass is 10.3. The number of alkyl halides is 1. The first kappa shape index (κ1) is 11.5. The van der Waals surface area contributed by atoms with Crippen LogP contribution in [-0.4, -0.2) is 10.2 Å². The Bertz CT molecular complexity index is 456. The van der Waals surface area contributed by atoms with E-state index in [4.69, 9.17) is 4.42 Å². The maximum Gasteiger partial charge on any atom is 0.248 e. The summed E-state index contributed by atoms with van der Waals surface area (Å²) >= 11 is 7.43. The van der Waals surface area contributed by atoms with Gasteiger partial charge in [-0.15, -0.1) is 21.5 Å². The molecule has 80 valence electrons.